The summed E-state index contributed by atoms with van der Waals surface area (Å²) in [5.74, 6) is 0. The van der Waals surface area contributed by atoms with Crippen LogP contribution in [0.15, 0.2) is 83.8 Å². The molecule has 0 spiro atoms. The van der Waals surface area contributed by atoms with Gasteiger partial charge >= 0.3 is 0 Å². The van der Waals surface area contributed by atoms with E-state index in [1.807, 2.05) is 42.5 Å². The SMILES string of the molecule is O=S(=O)(Nc1cc[c]cc1)c1ccc(-c2ccccc2)cc1. The van der Waals surface area contributed by atoms with E-state index < -0.39 is 10.0 Å². The van der Waals surface area contributed by atoms with Crippen molar-refractivity contribution in [1.82, 2.24) is 0 Å². The van der Waals surface area contributed by atoms with Crippen molar-refractivity contribution in [2.24, 2.45) is 0 Å². The van der Waals surface area contributed by atoms with Gasteiger partial charge in [-0.1, -0.05) is 54.6 Å². The van der Waals surface area contributed by atoms with Crippen molar-refractivity contribution in [2.75, 3.05) is 4.72 Å². The van der Waals surface area contributed by atoms with Crippen LogP contribution in [-0.2, 0) is 10.0 Å². The number of hydrogen-bond donors (Lipinski definition) is 1. The second-order valence-corrected chi connectivity index (χ2v) is 6.47. The number of nitrogens with one attached hydrogen (secondary N) is 1. The Balaban J connectivity index is 1.86. The standard InChI is InChI=1S/C18H14NO2S/c20-22(21,19-17-9-5-2-6-10-17)18-13-11-16(12-14-18)15-7-3-1-4-8-15/h1,3-14,19H. The van der Waals surface area contributed by atoms with Gasteiger partial charge in [0.15, 0.2) is 0 Å². The van der Waals surface area contributed by atoms with E-state index in [1.165, 1.54) is 0 Å². The first kappa shape index (κ1) is 14.4. The minimum absolute atomic E-state index is 0.236. The molecule has 3 nitrogen and oxygen atoms in total. The van der Waals surface area contributed by atoms with Crippen LogP contribution in [0.5, 0.6) is 0 Å². The lowest BCUT2D eigenvalue weighted by molar-refractivity contribution is 0.601. The highest BCUT2D eigenvalue weighted by molar-refractivity contribution is 7.92. The van der Waals surface area contributed by atoms with Crippen LogP contribution in [0.3, 0.4) is 0 Å². The maximum Gasteiger partial charge on any atom is 0.261 e. The van der Waals surface area contributed by atoms with Crippen LogP contribution in [0.25, 0.3) is 11.1 Å². The van der Waals surface area contributed by atoms with Gasteiger partial charge in [0, 0.05) is 5.69 Å². The molecule has 0 aromatic heterocycles. The van der Waals surface area contributed by atoms with Crippen molar-refractivity contribution in [1.29, 1.82) is 0 Å². The summed E-state index contributed by atoms with van der Waals surface area (Å²) in [6.45, 7) is 0. The summed E-state index contributed by atoms with van der Waals surface area (Å²) in [7, 11) is -3.58. The second kappa shape index (κ2) is 6.03. The average molecular weight is 308 g/mol. The lowest BCUT2D eigenvalue weighted by atomic mass is 10.1. The Labute approximate surface area is 130 Å². The molecule has 0 fully saturated rings. The third-order valence-electron chi connectivity index (χ3n) is 3.24. The quantitative estimate of drug-likeness (QED) is 0.793. The monoisotopic (exact) mass is 308 g/mol. The fourth-order valence-electron chi connectivity index (χ4n) is 2.13. The first-order valence-electron chi connectivity index (χ1n) is 6.79. The molecule has 0 heterocycles. The number of benzene rings is 3. The lowest BCUT2D eigenvalue weighted by Gasteiger charge is -2.08. The summed E-state index contributed by atoms with van der Waals surface area (Å²) >= 11 is 0. The molecule has 0 amide bonds. The Morgan fingerprint density at radius 2 is 1.32 bits per heavy atom. The highest BCUT2D eigenvalue weighted by Crippen LogP contribution is 2.22. The number of hydrogen-bond acceptors (Lipinski definition) is 2. The van der Waals surface area contributed by atoms with Gasteiger partial charge in [-0.3, -0.25) is 4.72 Å². The molecule has 1 radical (unpaired) electrons. The van der Waals surface area contributed by atoms with Gasteiger partial charge in [-0.2, -0.15) is 0 Å². The van der Waals surface area contributed by atoms with Crippen LogP contribution >= 0.6 is 0 Å². The Bertz CT molecular complexity index is 843. The number of sulfonamides is 1. The summed E-state index contributed by atoms with van der Waals surface area (Å²) in [4.78, 5) is 0.236. The Hall–Kier alpha value is -2.59. The fraction of sp³-hybridized carbons (Fsp3) is 0. The van der Waals surface area contributed by atoms with Crippen molar-refractivity contribution in [2.45, 2.75) is 4.90 Å². The van der Waals surface area contributed by atoms with E-state index in [0.717, 1.165) is 11.1 Å². The van der Waals surface area contributed by atoms with Gasteiger partial charge in [-0.05, 0) is 41.5 Å². The summed E-state index contributed by atoms with van der Waals surface area (Å²) in [5.41, 5.74) is 2.55. The predicted molar refractivity (Wildman–Crippen MR) is 88.0 cm³/mol. The number of anilines is 1. The molecule has 0 aliphatic heterocycles. The van der Waals surface area contributed by atoms with E-state index in [0.29, 0.717) is 5.69 Å². The molecule has 0 aliphatic rings. The molecule has 0 saturated carbocycles. The third kappa shape index (κ3) is 3.18. The van der Waals surface area contributed by atoms with Crippen LogP contribution in [0.2, 0.25) is 0 Å². The lowest BCUT2D eigenvalue weighted by Crippen LogP contribution is -2.12. The molecule has 0 saturated heterocycles. The minimum atomic E-state index is -3.58. The largest absolute Gasteiger partial charge is 0.280 e. The van der Waals surface area contributed by atoms with E-state index in [1.54, 1.807) is 36.4 Å². The molecule has 0 atom stereocenters. The first-order chi connectivity index (χ1) is 10.6. The summed E-state index contributed by atoms with van der Waals surface area (Å²) in [5, 5.41) is 0. The minimum Gasteiger partial charge on any atom is -0.280 e. The Morgan fingerprint density at radius 3 is 1.95 bits per heavy atom. The van der Waals surface area contributed by atoms with Crippen molar-refractivity contribution in [3.63, 3.8) is 0 Å². The topological polar surface area (TPSA) is 46.2 Å². The van der Waals surface area contributed by atoms with Crippen LogP contribution in [0, 0.1) is 6.07 Å². The maximum absolute atomic E-state index is 12.3. The Morgan fingerprint density at radius 1 is 0.727 bits per heavy atom. The van der Waals surface area contributed by atoms with Gasteiger partial charge in [0.05, 0.1) is 4.90 Å². The molecule has 22 heavy (non-hydrogen) atoms. The molecular weight excluding hydrogens is 294 g/mol. The van der Waals surface area contributed by atoms with Gasteiger partial charge in [-0.25, -0.2) is 8.42 Å². The summed E-state index contributed by atoms with van der Waals surface area (Å²) < 4.78 is 27.2. The zero-order chi connectivity index (χ0) is 15.4. The van der Waals surface area contributed by atoms with Crippen molar-refractivity contribution < 1.29 is 8.42 Å². The van der Waals surface area contributed by atoms with Gasteiger partial charge in [-0.15, -0.1) is 0 Å². The molecule has 1 N–H and O–H groups in total. The van der Waals surface area contributed by atoms with Gasteiger partial charge < -0.3 is 0 Å². The zero-order valence-corrected chi connectivity index (χ0v) is 12.5. The summed E-state index contributed by atoms with van der Waals surface area (Å²) in [6, 6.07) is 26.2. The predicted octanol–water partition coefficient (Wildman–Crippen LogP) is 3.95. The smallest absolute Gasteiger partial charge is 0.261 e. The molecule has 0 bridgehead atoms. The molecule has 0 aliphatic carbocycles. The molecule has 3 rings (SSSR count). The number of rotatable bonds is 4. The van der Waals surface area contributed by atoms with E-state index in [9.17, 15) is 8.42 Å². The van der Waals surface area contributed by atoms with Crippen molar-refractivity contribution >= 4 is 15.7 Å². The summed E-state index contributed by atoms with van der Waals surface area (Å²) in [6.07, 6.45) is 0. The van der Waals surface area contributed by atoms with Crippen molar-refractivity contribution in [3.05, 3.63) is 84.9 Å². The molecule has 3 aromatic carbocycles. The fourth-order valence-corrected chi connectivity index (χ4v) is 3.18. The van der Waals surface area contributed by atoms with Crippen LogP contribution < -0.4 is 4.72 Å². The molecule has 4 heteroatoms. The molecule has 109 valence electrons. The second-order valence-electron chi connectivity index (χ2n) is 4.78. The molecule has 3 aromatic rings. The molecular formula is C18H14NO2S. The van der Waals surface area contributed by atoms with Gasteiger partial charge in [0.25, 0.3) is 10.0 Å². The van der Waals surface area contributed by atoms with Gasteiger partial charge in [0.2, 0.25) is 0 Å². The average Bonchev–Trinajstić information content (AvgIpc) is 2.56. The van der Waals surface area contributed by atoms with E-state index in [4.69, 9.17) is 0 Å². The normalized spacial score (nSPS) is 11.1. The third-order valence-corrected chi connectivity index (χ3v) is 4.64. The molecule has 0 unspecified atom stereocenters. The maximum atomic E-state index is 12.3. The van der Waals surface area contributed by atoms with Crippen LogP contribution in [0.4, 0.5) is 5.69 Å². The highest BCUT2D eigenvalue weighted by atomic mass is 32.2. The van der Waals surface area contributed by atoms with E-state index >= 15 is 0 Å². The van der Waals surface area contributed by atoms with E-state index in [-0.39, 0.29) is 4.90 Å². The van der Waals surface area contributed by atoms with E-state index in [2.05, 4.69) is 10.8 Å². The first-order valence-corrected chi connectivity index (χ1v) is 8.28. The van der Waals surface area contributed by atoms with Gasteiger partial charge in [0.1, 0.15) is 0 Å². The zero-order valence-electron chi connectivity index (χ0n) is 11.7. The van der Waals surface area contributed by atoms with Crippen molar-refractivity contribution in [3.8, 4) is 11.1 Å². The Kier molecular flexibility index (Phi) is 3.94. The highest BCUT2D eigenvalue weighted by Gasteiger charge is 2.13. The van der Waals surface area contributed by atoms with Crippen LogP contribution in [-0.4, -0.2) is 8.42 Å². The van der Waals surface area contributed by atoms with Crippen LogP contribution in [0.1, 0.15) is 0 Å².